The van der Waals surface area contributed by atoms with Crippen LogP contribution in [0.5, 0.6) is 5.75 Å². The van der Waals surface area contributed by atoms with E-state index in [1.54, 1.807) is 14.2 Å². The molecule has 0 aliphatic carbocycles. The Bertz CT molecular complexity index is 474. The third-order valence-corrected chi connectivity index (χ3v) is 4.05. The van der Waals surface area contributed by atoms with Crippen LogP contribution in [0.3, 0.4) is 0 Å². The van der Waals surface area contributed by atoms with Crippen molar-refractivity contribution in [2.24, 2.45) is 5.73 Å². The van der Waals surface area contributed by atoms with Gasteiger partial charge >= 0.3 is 0 Å². The first kappa shape index (κ1) is 15.8. The van der Waals surface area contributed by atoms with Gasteiger partial charge in [-0.15, -0.1) is 0 Å². The van der Waals surface area contributed by atoms with Crippen molar-refractivity contribution in [1.29, 1.82) is 0 Å². The molecule has 1 aliphatic heterocycles. The number of carbonyl (C=O) groups excluding carboxylic acids is 1. The lowest BCUT2D eigenvalue weighted by Crippen LogP contribution is -2.35. The Morgan fingerprint density at radius 2 is 2.29 bits per heavy atom. The summed E-state index contributed by atoms with van der Waals surface area (Å²) < 4.78 is 10.5. The highest BCUT2D eigenvalue weighted by Gasteiger charge is 2.31. The highest BCUT2D eigenvalue weighted by Crippen LogP contribution is 2.34. The van der Waals surface area contributed by atoms with Crippen LogP contribution in [0, 0.1) is 0 Å². The van der Waals surface area contributed by atoms with Gasteiger partial charge in [0.05, 0.1) is 25.7 Å². The van der Waals surface area contributed by atoms with E-state index in [2.05, 4.69) is 6.07 Å². The number of ether oxygens (including phenoxy) is 2. The van der Waals surface area contributed by atoms with E-state index in [-0.39, 0.29) is 18.1 Å². The lowest BCUT2D eigenvalue weighted by molar-refractivity contribution is -0.134. The van der Waals surface area contributed by atoms with E-state index in [0.29, 0.717) is 13.0 Å². The van der Waals surface area contributed by atoms with Crippen LogP contribution >= 0.6 is 0 Å². The van der Waals surface area contributed by atoms with Crippen molar-refractivity contribution in [2.45, 2.75) is 31.4 Å². The zero-order valence-corrected chi connectivity index (χ0v) is 12.7. The molecular weight excluding hydrogens is 268 g/mol. The fourth-order valence-electron chi connectivity index (χ4n) is 2.84. The molecule has 1 amide bonds. The minimum absolute atomic E-state index is 0.109. The minimum Gasteiger partial charge on any atom is -0.497 e. The Hall–Kier alpha value is -1.59. The number of likely N-dealkylation sites (tertiary alicyclic amines) is 1. The van der Waals surface area contributed by atoms with Crippen LogP contribution in [0.15, 0.2) is 24.3 Å². The molecule has 2 atom stereocenters. The number of methoxy groups -OCH3 is 2. The van der Waals surface area contributed by atoms with Crippen molar-refractivity contribution in [1.82, 2.24) is 4.90 Å². The molecule has 0 bridgehead atoms. The van der Waals surface area contributed by atoms with Crippen molar-refractivity contribution in [2.75, 3.05) is 27.3 Å². The molecule has 1 heterocycles. The van der Waals surface area contributed by atoms with Gasteiger partial charge in [0.15, 0.2) is 0 Å². The maximum atomic E-state index is 12.5. The first-order valence-corrected chi connectivity index (χ1v) is 7.36. The van der Waals surface area contributed by atoms with Gasteiger partial charge in [0.2, 0.25) is 5.91 Å². The third-order valence-electron chi connectivity index (χ3n) is 4.05. The Morgan fingerprint density at radius 3 is 2.95 bits per heavy atom. The Kier molecular flexibility index (Phi) is 5.59. The van der Waals surface area contributed by atoms with Gasteiger partial charge in [0.25, 0.3) is 0 Å². The molecule has 0 aromatic heterocycles. The predicted octanol–water partition coefficient (Wildman–Crippen LogP) is 1.72. The number of hydrogen-bond donors (Lipinski definition) is 1. The summed E-state index contributed by atoms with van der Waals surface area (Å²) in [6, 6.07) is 8.07. The Labute approximate surface area is 126 Å². The van der Waals surface area contributed by atoms with E-state index in [4.69, 9.17) is 15.2 Å². The number of hydrogen-bond acceptors (Lipinski definition) is 4. The van der Waals surface area contributed by atoms with Gasteiger partial charge in [0, 0.05) is 20.2 Å². The van der Waals surface area contributed by atoms with E-state index in [9.17, 15) is 4.79 Å². The lowest BCUT2D eigenvalue weighted by Gasteiger charge is -2.27. The van der Waals surface area contributed by atoms with Gasteiger partial charge in [0.1, 0.15) is 5.75 Å². The third kappa shape index (κ3) is 3.74. The highest BCUT2D eigenvalue weighted by atomic mass is 16.5. The van der Waals surface area contributed by atoms with Gasteiger partial charge in [-0.1, -0.05) is 12.1 Å². The molecule has 1 fully saturated rings. The summed E-state index contributed by atoms with van der Waals surface area (Å²) in [4.78, 5) is 14.4. The Balaban J connectivity index is 2.10. The van der Waals surface area contributed by atoms with Crippen LogP contribution < -0.4 is 10.5 Å². The van der Waals surface area contributed by atoms with Crippen molar-refractivity contribution >= 4 is 5.91 Å². The quantitative estimate of drug-likeness (QED) is 0.867. The molecule has 1 aliphatic rings. The van der Waals surface area contributed by atoms with Crippen LogP contribution in [0.1, 0.15) is 30.9 Å². The second-order valence-corrected chi connectivity index (χ2v) is 5.32. The number of nitrogens with zero attached hydrogens (tertiary/aromatic N) is 1. The smallest absolute Gasteiger partial charge is 0.225 e. The number of benzene rings is 1. The normalized spacial score (nSPS) is 19.6. The van der Waals surface area contributed by atoms with Crippen LogP contribution in [-0.4, -0.2) is 44.2 Å². The van der Waals surface area contributed by atoms with E-state index >= 15 is 0 Å². The van der Waals surface area contributed by atoms with Crippen molar-refractivity contribution < 1.29 is 14.3 Å². The SMILES string of the molecule is COc1cccc(C2CCCN2C(=O)CC(CN)OC)c1. The monoisotopic (exact) mass is 292 g/mol. The van der Waals surface area contributed by atoms with Crippen LogP contribution in [0.4, 0.5) is 0 Å². The topological polar surface area (TPSA) is 64.8 Å². The molecule has 21 heavy (non-hydrogen) atoms. The van der Waals surface area contributed by atoms with Gasteiger partial charge in [-0.25, -0.2) is 0 Å². The number of nitrogens with two attached hydrogens (primary N) is 1. The van der Waals surface area contributed by atoms with Crippen LogP contribution in [-0.2, 0) is 9.53 Å². The first-order chi connectivity index (χ1) is 10.2. The summed E-state index contributed by atoms with van der Waals surface area (Å²) in [5.74, 6) is 0.932. The zero-order valence-electron chi connectivity index (χ0n) is 12.7. The molecule has 1 saturated heterocycles. The molecule has 5 heteroatoms. The van der Waals surface area contributed by atoms with Crippen LogP contribution in [0.25, 0.3) is 0 Å². The molecule has 2 unspecified atom stereocenters. The Morgan fingerprint density at radius 1 is 1.48 bits per heavy atom. The molecule has 2 rings (SSSR count). The van der Waals surface area contributed by atoms with E-state index in [0.717, 1.165) is 30.7 Å². The first-order valence-electron chi connectivity index (χ1n) is 7.36. The predicted molar refractivity (Wildman–Crippen MR) is 81.2 cm³/mol. The number of carbonyl (C=O) groups is 1. The highest BCUT2D eigenvalue weighted by molar-refractivity contribution is 5.77. The molecule has 1 aromatic carbocycles. The molecule has 0 saturated carbocycles. The maximum absolute atomic E-state index is 12.5. The maximum Gasteiger partial charge on any atom is 0.225 e. The molecular formula is C16H24N2O3. The summed E-state index contributed by atoms with van der Waals surface area (Å²) in [6.45, 7) is 1.15. The van der Waals surface area contributed by atoms with Gasteiger partial charge < -0.3 is 20.1 Å². The van der Waals surface area contributed by atoms with Gasteiger partial charge in [-0.2, -0.15) is 0 Å². The summed E-state index contributed by atoms with van der Waals surface area (Å²) >= 11 is 0. The molecule has 116 valence electrons. The summed E-state index contributed by atoms with van der Waals surface area (Å²) in [5.41, 5.74) is 6.73. The average Bonchev–Trinajstić information content (AvgIpc) is 3.02. The summed E-state index contributed by atoms with van der Waals surface area (Å²) in [7, 11) is 3.25. The van der Waals surface area contributed by atoms with E-state index in [1.807, 2.05) is 23.1 Å². The van der Waals surface area contributed by atoms with Gasteiger partial charge in [-0.05, 0) is 30.5 Å². The molecule has 0 radical (unpaired) electrons. The summed E-state index contributed by atoms with van der Waals surface area (Å²) in [6.07, 6.45) is 2.14. The lowest BCUT2D eigenvalue weighted by atomic mass is 10.0. The van der Waals surface area contributed by atoms with Crippen molar-refractivity contribution in [3.63, 3.8) is 0 Å². The number of rotatable bonds is 6. The largest absolute Gasteiger partial charge is 0.497 e. The summed E-state index contributed by atoms with van der Waals surface area (Å²) in [5, 5.41) is 0. The van der Waals surface area contributed by atoms with E-state index < -0.39 is 0 Å². The second kappa shape index (κ2) is 7.43. The van der Waals surface area contributed by atoms with E-state index in [1.165, 1.54) is 0 Å². The standard InChI is InChI=1S/C16H24N2O3/c1-20-13-6-3-5-12(9-13)15-7-4-8-18(15)16(19)10-14(11-17)21-2/h3,5-6,9,14-15H,4,7-8,10-11,17H2,1-2H3. The molecule has 5 nitrogen and oxygen atoms in total. The fourth-order valence-corrected chi connectivity index (χ4v) is 2.84. The number of amides is 1. The average molecular weight is 292 g/mol. The molecule has 1 aromatic rings. The molecule has 0 spiro atoms. The zero-order chi connectivity index (χ0) is 15.2. The van der Waals surface area contributed by atoms with Gasteiger partial charge in [-0.3, -0.25) is 4.79 Å². The van der Waals surface area contributed by atoms with Crippen molar-refractivity contribution in [3.8, 4) is 5.75 Å². The fraction of sp³-hybridized carbons (Fsp3) is 0.562. The second-order valence-electron chi connectivity index (χ2n) is 5.32. The molecule has 2 N–H and O–H groups in total. The van der Waals surface area contributed by atoms with Crippen LogP contribution in [0.2, 0.25) is 0 Å². The van der Waals surface area contributed by atoms with Crippen molar-refractivity contribution in [3.05, 3.63) is 29.8 Å². The minimum atomic E-state index is -0.205.